The second-order valence-corrected chi connectivity index (χ2v) is 11.1. The lowest BCUT2D eigenvalue weighted by atomic mass is 9.94. The van der Waals surface area contributed by atoms with E-state index < -0.39 is 6.09 Å². The average Bonchev–Trinajstić information content (AvgIpc) is 3.00. The van der Waals surface area contributed by atoms with Crippen molar-refractivity contribution in [3.05, 3.63) is 105 Å². The fourth-order valence-corrected chi connectivity index (χ4v) is 5.67. The number of aromatic nitrogens is 1. The fourth-order valence-electron chi connectivity index (χ4n) is 5.36. The molecule has 0 fully saturated rings. The van der Waals surface area contributed by atoms with Crippen LogP contribution in [0.15, 0.2) is 72.8 Å². The van der Waals surface area contributed by atoms with Crippen LogP contribution in [0.4, 0.5) is 10.5 Å². The number of carbonyl (C=O) groups excluding carboxylic acids is 2. The molecular weight excluding hydrogens is 559 g/mol. The number of anilines is 1. The molecule has 2 unspecified atom stereocenters. The van der Waals surface area contributed by atoms with Crippen LogP contribution in [-0.2, 0) is 17.7 Å². The van der Waals surface area contributed by atoms with Crippen LogP contribution in [-0.4, -0.2) is 48.1 Å². The van der Waals surface area contributed by atoms with E-state index >= 15 is 0 Å². The summed E-state index contributed by atoms with van der Waals surface area (Å²) in [6.07, 6.45) is 0.743. The van der Waals surface area contributed by atoms with Crippen LogP contribution in [0.5, 0.6) is 0 Å². The molecule has 2 atom stereocenters. The lowest BCUT2D eigenvalue weighted by molar-refractivity contribution is 0.0935. The maximum Gasteiger partial charge on any atom is 0.411 e. The molecule has 212 valence electrons. The number of hydrogen-bond acceptors (Lipinski definition) is 6. The lowest BCUT2D eigenvalue weighted by Crippen LogP contribution is -2.50. The van der Waals surface area contributed by atoms with Crippen molar-refractivity contribution in [1.29, 1.82) is 0 Å². The molecule has 41 heavy (non-hydrogen) atoms. The fraction of sp³-hybridized carbons (Fsp3) is 0.281. The van der Waals surface area contributed by atoms with Crippen LogP contribution in [0.3, 0.4) is 0 Å². The Morgan fingerprint density at radius 1 is 1.02 bits per heavy atom. The van der Waals surface area contributed by atoms with Crippen LogP contribution >= 0.6 is 23.2 Å². The third-order valence-electron chi connectivity index (χ3n) is 7.61. The van der Waals surface area contributed by atoms with Crippen LogP contribution in [0, 0.1) is 0 Å². The van der Waals surface area contributed by atoms with Crippen molar-refractivity contribution in [3.8, 4) is 0 Å². The molecule has 0 radical (unpaired) electrons. The summed E-state index contributed by atoms with van der Waals surface area (Å²) in [6, 6.07) is 22.8. The molecule has 0 saturated carbocycles. The van der Waals surface area contributed by atoms with Crippen molar-refractivity contribution in [2.75, 3.05) is 25.5 Å². The Kier molecular flexibility index (Phi) is 9.20. The number of ketones is 1. The van der Waals surface area contributed by atoms with E-state index in [9.17, 15) is 9.59 Å². The molecule has 2 heterocycles. The quantitative estimate of drug-likeness (QED) is 0.203. The van der Waals surface area contributed by atoms with E-state index in [2.05, 4.69) is 22.5 Å². The van der Waals surface area contributed by atoms with Gasteiger partial charge in [-0.2, -0.15) is 0 Å². The summed E-state index contributed by atoms with van der Waals surface area (Å²) in [6.45, 7) is 3.61. The molecule has 5 rings (SSSR count). The summed E-state index contributed by atoms with van der Waals surface area (Å²) in [5.74, 6) is 0.147. The maximum atomic E-state index is 13.0. The van der Waals surface area contributed by atoms with Crippen LogP contribution in [0.2, 0.25) is 10.0 Å². The molecular formula is C32H32Cl2N4O3. The highest BCUT2D eigenvalue weighted by Crippen LogP contribution is 2.35. The molecule has 7 nitrogen and oxygen atoms in total. The maximum absolute atomic E-state index is 13.0. The topological polar surface area (TPSA) is 83.6 Å². The molecule has 0 saturated heterocycles. The summed E-state index contributed by atoms with van der Waals surface area (Å²) in [7, 11) is 1.35. The van der Waals surface area contributed by atoms with Crippen molar-refractivity contribution >= 4 is 51.7 Å². The smallest absolute Gasteiger partial charge is 0.411 e. The largest absolute Gasteiger partial charge is 0.453 e. The number of halogens is 2. The molecule has 1 aliphatic heterocycles. The Bertz CT molecular complexity index is 1560. The first-order chi connectivity index (χ1) is 19.8. The summed E-state index contributed by atoms with van der Waals surface area (Å²) in [5, 5.41) is 8.37. The number of fused-ring (bicyclic) bond motifs is 2. The predicted octanol–water partition coefficient (Wildman–Crippen LogP) is 7.07. The molecule has 1 aliphatic rings. The van der Waals surface area contributed by atoms with Gasteiger partial charge in [0.25, 0.3) is 0 Å². The van der Waals surface area contributed by atoms with E-state index in [4.69, 9.17) is 32.9 Å². The monoisotopic (exact) mass is 590 g/mol. The van der Waals surface area contributed by atoms with E-state index in [1.54, 1.807) is 0 Å². The number of Topliss-reactive ketones (excluding diaryl/α,β-unsaturated/α-hetero) is 1. The van der Waals surface area contributed by atoms with E-state index in [-0.39, 0.29) is 24.4 Å². The first-order valence-corrected chi connectivity index (χ1v) is 14.4. The number of hydrogen-bond donors (Lipinski definition) is 2. The van der Waals surface area contributed by atoms with Gasteiger partial charge in [-0.05, 0) is 36.1 Å². The van der Waals surface area contributed by atoms with E-state index in [0.717, 1.165) is 40.7 Å². The number of para-hydroxylation sites is 1. The Morgan fingerprint density at radius 2 is 1.78 bits per heavy atom. The zero-order valence-corrected chi connectivity index (χ0v) is 24.5. The second-order valence-electron chi connectivity index (χ2n) is 10.3. The van der Waals surface area contributed by atoms with E-state index in [1.807, 2.05) is 72.8 Å². The van der Waals surface area contributed by atoms with Gasteiger partial charge in [0.1, 0.15) is 0 Å². The third-order valence-corrected chi connectivity index (χ3v) is 8.35. The lowest BCUT2D eigenvalue weighted by Gasteiger charge is -2.38. The minimum absolute atomic E-state index is 0.0240. The summed E-state index contributed by atoms with van der Waals surface area (Å²) >= 11 is 12.5. The zero-order chi connectivity index (χ0) is 28.9. The average molecular weight is 592 g/mol. The van der Waals surface area contributed by atoms with Gasteiger partial charge in [0.05, 0.1) is 41.1 Å². The van der Waals surface area contributed by atoms with Gasteiger partial charge < -0.3 is 4.74 Å². The van der Waals surface area contributed by atoms with Crippen molar-refractivity contribution in [2.45, 2.75) is 38.4 Å². The first-order valence-electron chi connectivity index (χ1n) is 13.6. The van der Waals surface area contributed by atoms with Crippen LogP contribution in [0.1, 0.15) is 46.4 Å². The molecule has 2 N–H and O–H groups in total. The van der Waals surface area contributed by atoms with E-state index in [1.165, 1.54) is 7.11 Å². The third kappa shape index (κ3) is 6.71. The van der Waals surface area contributed by atoms with Crippen molar-refractivity contribution < 1.29 is 14.3 Å². The summed E-state index contributed by atoms with van der Waals surface area (Å²) < 4.78 is 4.94. The van der Waals surface area contributed by atoms with Gasteiger partial charge in [-0.25, -0.2) is 4.79 Å². The highest BCUT2D eigenvalue weighted by atomic mass is 35.5. The molecule has 1 amide bonds. The van der Waals surface area contributed by atoms with E-state index in [0.29, 0.717) is 34.3 Å². The number of methoxy groups -OCH3 is 1. The van der Waals surface area contributed by atoms with Gasteiger partial charge in [0.15, 0.2) is 5.78 Å². The van der Waals surface area contributed by atoms with Gasteiger partial charge in [-0.15, -0.1) is 0 Å². The van der Waals surface area contributed by atoms with Crippen molar-refractivity contribution in [2.24, 2.45) is 0 Å². The molecule has 1 aromatic heterocycles. The minimum Gasteiger partial charge on any atom is -0.453 e. The first kappa shape index (κ1) is 29.0. The molecule has 0 bridgehead atoms. The molecule has 9 heteroatoms. The molecule has 4 aromatic rings. The Balaban J connectivity index is 1.45. The standard InChI is InChI=1S/C32H32Cl2N4O3/c1-20(22-12-13-25(33)26(34)17-22)16-30(35-18-29(39)21-8-4-3-5-9-21)38-15-14-28-24(19-38)31(37-32(40)41-2)23-10-6-7-11-27(23)36-28/h3-13,17,20,30,35H,14-16,18-19H2,1-2H3,(H,36,37,40). The van der Waals surface area contributed by atoms with Crippen LogP contribution in [0.25, 0.3) is 10.9 Å². The molecule has 0 spiro atoms. The zero-order valence-electron chi connectivity index (χ0n) is 23.0. The normalized spacial score (nSPS) is 14.7. The number of carbonyl (C=O) groups is 2. The summed E-state index contributed by atoms with van der Waals surface area (Å²) in [4.78, 5) is 32.6. The Hall–Kier alpha value is -3.49. The Labute approximate surface area is 249 Å². The number of nitrogens with one attached hydrogen (secondary N) is 2. The number of benzene rings is 3. The van der Waals surface area contributed by atoms with Gasteiger partial charge in [0.2, 0.25) is 0 Å². The predicted molar refractivity (Wildman–Crippen MR) is 164 cm³/mol. The molecule has 0 aliphatic carbocycles. The number of pyridine rings is 1. The number of ether oxygens (including phenoxy) is 1. The second kappa shape index (κ2) is 13.0. The highest BCUT2D eigenvalue weighted by Gasteiger charge is 2.29. The van der Waals surface area contributed by atoms with Gasteiger partial charge >= 0.3 is 6.09 Å². The van der Waals surface area contributed by atoms with Gasteiger partial charge in [0, 0.05) is 41.7 Å². The SMILES string of the molecule is COC(=O)Nc1c2c(nc3ccccc13)CCN(C(CC(C)c1ccc(Cl)c(Cl)c1)NCC(=O)c1ccccc1)C2. The van der Waals surface area contributed by atoms with Crippen molar-refractivity contribution in [3.63, 3.8) is 0 Å². The number of rotatable bonds is 9. The minimum atomic E-state index is -0.531. The van der Waals surface area contributed by atoms with Gasteiger partial charge in [-0.3, -0.25) is 25.3 Å². The van der Waals surface area contributed by atoms with Crippen molar-refractivity contribution in [1.82, 2.24) is 15.2 Å². The Morgan fingerprint density at radius 3 is 2.54 bits per heavy atom. The number of amides is 1. The summed E-state index contributed by atoms with van der Waals surface area (Å²) in [5.41, 5.74) is 5.16. The molecule has 3 aromatic carbocycles. The highest BCUT2D eigenvalue weighted by molar-refractivity contribution is 6.42. The van der Waals surface area contributed by atoms with Gasteiger partial charge in [-0.1, -0.05) is 84.7 Å². The van der Waals surface area contributed by atoms with Crippen LogP contribution < -0.4 is 10.6 Å². The number of nitrogens with zero attached hydrogens (tertiary/aromatic N) is 2.